The highest BCUT2D eigenvalue weighted by Crippen LogP contribution is 2.22. The van der Waals surface area contributed by atoms with Crippen molar-refractivity contribution >= 4 is 11.6 Å². The van der Waals surface area contributed by atoms with Gasteiger partial charge >= 0.3 is 0 Å². The summed E-state index contributed by atoms with van der Waals surface area (Å²) in [5.41, 5.74) is 14.4. The zero-order valence-electron chi connectivity index (χ0n) is 8.63. The molecule has 0 saturated carbocycles. The number of benzene rings is 1. The Morgan fingerprint density at radius 3 is 2.36 bits per heavy atom. The minimum absolute atomic E-state index is 0.406. The monoisotopic (exact) mass is 192 g/mol. The van der Waals surface area contributed by atoms with Crippen molar-refractivity contribution in [2.75, 3.05) is 5.73 Å². The Balaban J connectivity index is 3.35. The van der Waals surface area contributed by atoms with E-state index in [1.54, 1.807) is 6.07 Å². The lowest BCUT2D eigenvalue weighted by molar-refractivity contribution is 0.0999. The predicted molar refractivity (Wildman–Crippen MR) is 58.1 cm³/mol. The first kappa shape index (κ1) is 10.6. The van der Waals surface area contributed by atoms with E-state index in [1.807, 2.05) is 19.9 Å². The summed E-state index contributed by atoms with van der Waals surface area (Å²) in [6.45, 7) is 4.01. The number of anilines is 1. The zero-order valence-corrected chi connectivity index (χ0v) is 8.63. The lowest BCUT2D eigenvalue weighted by atomic mass is 9.97. The molecular weight excluding hydrogens is 176 g/mol. The van der Waals surface area contributed by atoms with Crippen molar-refractivity contribution in [3.63, 3.8) is 0 Å². The predicted octanol–water partition coefficient (Wildman–Crippen LogP) is 1.49. The van der Waals surface area contributed by atoms with Gasteiger partial charge in [0.05, 0.1) is 0 Å². The van der Waals surface area contributed by atoms with Crippen molar-refractivity contribution < 1.29 is 4.79 Å². The minimum atomic E-state index is -0.406. The highest BCUT2D eigenvalue weighted by Gasteiger charge is 2.11. The van der Waals surface area contributed by atoms with E-state index < -0.39 is 5.91 Å². The Morgan fingerprint density at radius 1 is 1.29 bits per heavy atom. The molecule has 0 aliphatic rings. The molecule has 4 N–H and O–H groups in total. The molecule has 0 aromatic heterocycles. The van der Waals surface area contributed by atoms with Crippen LogP contribution in [0, 0.1) is 0 Å². The van der Waals surface area contributed by atoms with E-state index in [0.29, 0.717) is 11.3 Å². The average molecular weight is 192 g/mol. The summed E-state index contributed by atoms with van der Waals surface area (Å²) in [5, 5.41) is 0. The topological polar surface area (TPSA) is 69.1 Å². The molecule has 0 fully saturated rings. The lowest BCUT2D eigenvalue weighted by Crippen LogP contribution is -2.15. The van der Waals surface area contributed by atoms with E-state index >= 15 is 0 Å². The van der Waals surface area contributed by atoms with Crippen molar-refractivity contribution in [2.24, 2.45) is 5.73 Å². The molecule has 0 spiro atoms. The van der Waals surface area contributed by atoms with Gasteiger partial charge in [0.15, 0.2) is 0 Å². The number of hydrogen-bond acceptors (Lipinski definition) is 2. The number of carbonyl (C=O) groups excluding carboxylic acids is 1. The van der Waals surface area contributed by atoms with E-state index in [1.165, 1.54) is 0 Å². The Labute approximate surface area is 84.1 Å². The molecule has 0 unspecified atom stereocenters. The number of aryl methyl sites for hydroxylation is 1. The average Bonchev–Trinajstić information content (AvgIpc) is 2.17. The Bertz CT molecular complexity index is 359. The number of nitrogen functional groups attached to an aromatic ring is 1. The first-order valence-electron chi connectivity index (χ1n) is 4.81. The standard InChI is InChI=1S/C11H16N2O/c1-3-7-5-6-9(11(13)14)8(4-2)10(7)12/h5-6H,3-4,12H2,1-2H3,(H2,13,14). The second kappa shape index (κ2) is 4.13. The van der Waals surface area contributed by atoms with Crippen LogP contribution in [0.1, 0.15) is 35.3 Å². The summed E-state index contributed by atoms with van der Waals surface area (Å²) in [4.78, 5) is 11.1. The normalized spacial score (nSPS) is 10.1. The quantitative estimate of drug-likeness (QED) is 0.712. The van der Waals surface area contributed by atoms with Gasteiger partial charge in [0.1, 0.15) is 0 Å². The number of primary amides is 1. The van der Waals surface area contributed by atoms with Gasteiger partial charge in [-0.25, -0.2) is 0 Å². The van der Waals surface area contributed by atoms with Gasteiger partial charge in [-0.05, 0) is 30.0 Å². The highest BCUT2D eigenvalue weighted by molar-refractivity contribution is 5.96. The molecule has 3 nitrogen and oxygen atoms in total. The van der Waals surface area contributed by atoms with Crippen LogP contribution in [0.5, 0.6) is 0 Å². The molecule has 0 aliphatic heterocycles. The number of carbonyl (C=O) groups is 1. The van der Waals surface area contributed by atoms with Crippen LogP contribution in [-0.4, -0.2) is 5.91 Å². The molecule has 0 heterocycles. The summed E-state index contributed by atoms with van der Waals surface area (Å²) in [5.74, 6) is -0.406. The lowest BCUT2D eigenvalue weighted by Gasteiger charge is -2.11. The second-order valence-electron chi connectivity index (χ2n) is 3.24. The van der Waals surface area contributed by atoms with Crippen molar-refractivity contribution in [1.82, 2.24) is 0 Å². The van der Waals surface area contributed by atoms with Crippen LogP contribution in [0.25, 0.3) is 0 Å². The Hall–Kier alpha value is -1.51. The maximum absolute atomic E-state index is 11.1. The van der Waals surface area contributed by atoms with Gasteiger partial charge in [-0.15, -0.1) is 0 Å². The van der Waals surface area contributed by atoms with Crippen LogP contribution in [0.3, 0.4) is 0 Å². The number of nitrogens with two attached hydrogens (primary N) is 2. The molecule has 0 saturated heterocycles. The van der Waals surface area contributed by atoms with Crippen LogP contribution in [0.2, 0.25) is 0 Å². The zero-order chi connectivity index (χ0) is 10.7. The Kier molecular flexibility index (Phi) is 3.12. The number of hydrogen-bond donors (Lipinski definition) is 2. The molecular formula is C11H16N2O. The van der Waals surface area contributed by atoms with E-state index in [9.17, 15) is 4.79 Å². The van der Waals surface area contributed by atoms with Crippen LogP contribution in [-0.2, 0) is 12.8 Å². The van der Waals surface area contributed by atoms with Crippen molar-refractivity contribution in [1.29, 1.82) is 0 Å². The summed E-state index contributed by atoms with van der Waals surface area (Å²) in [6.07, 6.45) is 1.61. The number of rotatable bonds is 3. The van der Waals surface area contributed by atoms with Gasteiger partial charge in [-0.2, -0.15) is 0 Å². The maximum atomic E-state index is 11.1. The van der Waals surface area contributed by atoms with Crippen LogP contribution in [0.4, 0.5) is 5.69 Å². The SMILES string of the molecule is CCc1ccc(C(N)=O)c(CC)c1N. The number of amides is 1. The summed E-state index contributed by atoms with van der Waals surface area (Å²) in [7, 11) is 0. The van der Waals surface area contributed by atoms with E-state index in [0.717, 1.165) is 24.0 Å². The van der Waals surface area contributed by atoms with E-state index in [-0.39, 0.29) is 0 Å². The fourth-order valence-corrected chi connectivity index (χ4v) is 1.63. The molecule has 0 atom stereocenters. The van der Waals surface area contributed by atoms with E-state index in [4.69, 9.17) is 11.5 Å². The van der Waals surface area contributed by atoms with Gasteiger partial charge in [-0.1, -0.05) is 19.9 Å². The Morgan fingerprint density at radius 2 is 1.93 bits per heavy atom. The molecule has 0 aliphatic carbocycles. The van der Waals surface area contributed by atoms with Crippen molar-refractivity contribution in [3.05, 3.63) is 28.8 Å². The van der Waals surface area contributed by atoms with Gasteiger partial charge < -0.3 is 11.5 Å². The van der Waals surface area contributed by atoms with Crippen LogP contribution < -0.4 is 11.5 Å². The van der Waals surface area contributed by atoms with Crippen molar-refractivity contribution in [3.8, 4) is 0 Å². The first-order chi connectivity index (χ1) is 6.61. The van der Waals surface area contributed by atoms with Gasteiger partial charge in [0, 0.05) is 11.3 Å². The fourth-order valence-electron chi connectivity index (χ4n) is 1.63. The van der Waals surface area contributed by atoms with Gasteiger partial charge in [-0.3, -0.25) is 4.79 Å². The molecule has 0 radical (unpaired) electrons. The molecule has 3 heteroatoms. The summed E-state index contributed by atoms with van der Waals surface area (Å²) in [6, 6.07) is 3.63. The van der Waals surface area contributed by atoms with Gasteiger partial charge in [0.25, 0.3) is 0 Å². The molecule has 1 aromatic rings. The molecule has 14 heavy (non-hydrogen) atoms. The molecule has 1 amide bonds. The third-order valence-electron chi connectivity index (χ3n) is 2.45. The third-order valence-corrected chi connectivity index (χ3v) is 2.45. The summed E-state index contributed by atoms with van der Waals surface area (Å²) < 4.78 is 0. The third kappa shape index (κ3) is 1.71. The highest BCUT2D eigenvalue weighted by atomic mass is 16.1. The van der Waals surface area contributed by atoms with E-state index in [2.05, 4.69) is 0 Å². The largest absolute Gasteiger partial charge is 0.398 e. The van der Waals surface area contributed by atoms with Gasteiger partial charge in [0.2, 0.25) is 5.91 Å². The van der Waals surface area contributed by atoms with Crippen molar-refractivity contribution in [2.45, 2.75) is 26.7 Å². The molecule has 0 bridgehead atoms. The molecule has 1 aromatic carbocycles. The molecule has 1 rings (SSSR count). The summed E-state index contributed by atoms with van der Waals surface area (Å²) >= 11 is 0. The minimum Gasteiger partial charge on any atom is -0.398 e. The fraction of sp³-hybridized carbons (Fsp3) is 0.364. The maximum Gasteiger partial charge on any atom is 0.249 e. The smallest absolute Gasteiger partial charge is 0.249 e. The first-order valence-corrected chi connectivity index (χ1v) is 4.81. The van der Waals surface area contributed by atoms with Crippen LogP contribution >= 0.6 is 0 Å². The molecule has 76 valence electrons. The van der Waals surface area contributed by atoms with Crippen LogP contribution in [0.15, 0.2) is 12.1 Å². The second-order valence-corrected chi connectivity index (χ2v) is 3.24.